The molecule has 3 nitrogen and oxygen atoms in total. The molecule has 0 bridgehead atoms. The summed E-state index contributed by atoms with van der Waals surface area (Å²) in [5.41, 5.74) is 4.43. The molecular formula is C13H18N2OS. The molecule has 3 rings (SSSR count). The van der Waals surface area contributed by atoms with Gasteiger partial charge in [0.25, 0.3) is 5.91 Å². The number of amides is 1. The maximum Gasteiger partial charge on any atom is 0.275 e. The van der Waals surface area contributed by atoms with E-state index in [2.05, 4.69) is 16.5 Å². The van der Waals surface area contributed by atoms with Crippen LogP contribution in [0, 0.1) is 0 Å². The first kappa shape index (κ1) is 11.2. The molecule has 2 aliphatic rings. The fourth-order valence-corrected chi connectivity index (χ4v) is 3.79. The van der Waals surface area contributed by atoms with Crippen LogP contribution in [0.3, 0.4) is 0 Å². The van der Waals surface area contributed by atoms with E-state index in [4.69, 9.17) is 0 Å². The Bertz CT molecular complexity index is 400. The van der Waals surface area contributed by atoms with Gasteiger partial charge in [-0.05, 0) is 43.7 Å². The Kier molecular flexibility index (Phi) is 3.16. The average molecular weight is 250 g/mol. The van der Waals surface area contributed by atoms with Gasteiger partial charge in [0, 0.05) is 18.0 Å². The predicted octanol–water partition coefficient (Wildman–Crippen LogP) is 2.37. The minimum atomic E-state index is 0.0892. The molecular weight excluding hydrogens is 232 g/mol. The Labute approximate surface area is 106 Å². The molecule has 4 heteroatoms. The SMILES string of the molecule is O=C(NN1CCCCC1)c1cc2c(s1)CCC2. The van der Waals surface area contributed by atoms with E-state index in [1.165, 1.54) is 36.1 Å². The highest BCUT2D eigenvalue weighted by molar-refractivity contribution is 7.14. The molecule has 2 heterocycles. The van der Waals surface area contributed by atoms with Gasteiger partial charge < -0.3 is 0 Å². The summed E-state index contributed by atoms with van der Waals surface area (Å²) in [6.45, 7) is 1.99. The van der Waals surface area contributed by atoms with E-state index < -0.39 is 0 Å². The zero-order valence-corrected chi connectivity index (χ0v) is 10.8. The van der Waals surface area contributed by atoms with Gasteiger partial charge in [-0.25, -0.2) is 5.01 Å². The first-order chi connectivity index (χ1) is 8.33. The molecule has 0 spiro atoms. The van der Waals surface area contributed by atoms with Gasteiger partial charge in [-0.1, -0.05) is 6.42 Å². The van der Waals surface area contributed by atoms with E-state index in [1.807, 2.05) is 0 Å². The Morgan fingerprint density at radius 3 is 2.76 bits per heavy atom. The van der Waals surface area contributed by atoms with Crippen LogP contribution in [0.5, 0.6) is 0 Å². The van der Waals surface area contributed by atoms with E-state index in [0.29, 0.717) is 0 Å². The maximum absolute atomic E-state index is 12.1. The van der Waals surface area contributed by atoms with Crippen LogP contribution < -0.4 is 5.43 Å². The molecule has 1 amide bonds. The molecule has 1 N–H and O–H groups in total. The Morgan fingerprint density at radius 2 is 2.00 bits per heavy atom. The second-order valence-corrected chi connectivity index (χ2v) is 6.04. The van der Waals surface area contributed by atoms with Crippen molar-refractivity contribution in [1.29, 1.82) is 0 Å². The largest absolute Gasteiger partial charge is 0.284 e. The van der Waals surface area contributed by atoms with Gasteiger partial charge in [0.1, 0.15) is 0 Å². The molecule has 1 aliphatic carbocycles. The number of hydrogen-bond acceptors (Lipinski definition) is 3. The summed E-state index contributed by atoms with van der Waals surface area (Å²) in [5.74, 6) is 0.0892. The van der Waals surface area contributed by atoms with Crippen LogP contribution in [0.4, 0.5) is 0 Å². The second kappa shape index (κ2) is 4.78. The monoisotopic (exact) mass is 250 g/mol. The molecule has 17 heavy (non-hydrogen) atoms. The van der Waals surface area contributed by atoms with Crippen LogP contribution in [0.25, 0.3) is 0 Å². The molecule has 1 aromatic heterocycles. The van der Waals surface area contributed by atoms with E-state index in [1.54, 1.807) is 11.3 Å². The Morgan fingerprint density at radius 1 is 1.18 bits per heavy atom. The van der Waals surface area contributed by atoms with Gasteiger partial charge in [-0.2, -0.15) is 0 Å². The van der Waals surface area contributed by atoms with Crippen LogP contribution in [0.15, 0.2) is 6.07 Å². The minimum Gasteiger partial charge on any atom is -0.284 e. The van der Waals surface area contributed by atoms with E-state index in [9.17, 15) is 4.79 Å². The Balaban J connectivity index is 1.64. The zero-order valence-electron chi connectivity index (χ0n) is 10.00. The van der Waals surface area contributed by atoms with Crippen LogP contribution in [-0.2, 0) is 12.8 Å². The van der Waals surface area contributed by atoms with Crippen molar-refractivity contribution in [1.82, 2.24) is 10.4 Å². The molecule has 1 aliphatic heterocycles. The number of fused-ring (bicyclic) bond motifs is 1. The van der Waals surface area contributed by atoms with Crippen molar-refractivity contribution in [2.75, 3.05) is 13.1 Å². The molecule has 0 atom stereocenters. The third-order valence-electron chi connectivity index (χ3n) is 3.59. The quantitative estimate of drug-likeness (QED) is 0.874. The summed E-state index contributed by atoms with van der Waals surface area (Å²) in [5, 5.41) is 2.07. The zero-order chi connectivity index (χ0) is 11.7. The fraction of sp³-hybridized carbons (Fsp3) is 0.615. The molecule has 0 unspecified atom stereocenters. The fourth-order valence-electron chi connectivity index (χ4n) is 2.65. The molecule has 0 radical (unpaired) electrons. The topological polar surface area (TPSA) is 32.3 Å². The number of piperidine rings is 1. The van der Waals surface area contributed by atoms with Gasteiger partial charge in [0.2, 0.25) is 0 Å². The van der Waals surface area contributed by atoms with Crippen molar-refractivity contribution in [3.8, 4) is 0 Å². The summed E-state index contributed by atoms with van der Waals surface area (Å²) < 4.78 is 0. The minimum absolute atomic E-state index is 0.0892. The van der Waals surface area contributed by atoms with Gasteiger partial charge >= 0.3 is 0 Å². The molecule has 0 aromatic carbocycles. The van der Waals surface area contributed by atoms with Gasteiger partial charge in [0.15, 0.2) is 0 Å². The van der Waals surface area contributed by atoms with E-state index in [-0.39, 0.29) is 5.91 Å². The summed E-state index contributed by atoms with van der Waals surface area (Å²) in [7, 11) is 0. The van der Waals surface area contributed by atoms with Crippen molar-refractivity contribution in [3.63, 3.8) is 0 Å². The third kappa shape index (κ3) is 2.38. The van der Waals surface area contributed by atoms with Crippen molar-refractivity contribution >= 4 is 17.2 Å². The molecule has 1 saturated heterocycles. The number of rotatable bonds is 2. The number of nitrogens with one attached hydrogen (secondary N) is 1. The summed E-state index contributed by atoms with van der Waals surface area (Å²) in [6, 6.07) is 2.09. The maximum atomic E-state index is 12.1. The second-order valence-electron chi connectivity index (χ2n) is 4.90. The standard InChI is InChI=1S/C13H18N2OS/c16-13(14-15-7-2-1-3-8-15)12-9-10-5-4-6-11(10)17-12/h9H,1-8H2,(H,14,16). The van der Waals surface area contributed by atoms with Crippen LogP contribution in [0.2, 0.25) is 0 Å². The summed E-state index contributed by atoms with van der Waals surface area (Å²) in [6.07, 6.45) is 7.26. The normalized spacial score (nSPS) is 20.2. The Hall–Kier alpha value is -0.870. The number of nitrogens with zero attached hydrogens (tertiary/aromatic N) is 1. The lowest BCUT2D eigenvalue weighted by Gasteiger charge is -2.26. The van der Waals surface area contributed by atoms with Crippen molar-refractivity contribution in [3.05, 3.63) is 21.4 Å². The van der Waals surface area contributed by atoms with Crippen LogP contribution in [-0.4, -0.2) is 24.0 Å². The lowest BCUT2D eigenvalue weighted by atomic mass is 10.2. The number of hydrazine groups is 1. The number of carbonyl (C=O) groups excluding carboxylic acids is 1. The lowest BCUT2D eigenvalue weighted by Crippen LogP contribution is -2.44. The highest BCUT2D eigenvalue weighted by Gasteiger charge is 2.20. The van der Waals surface area contributed by atoms with Gasteiger partial charge in [0.05, 0.1) is 4.88 Å². The van der Waals surface area contributed by atoms with Gasteiger partial charge in [-0.3, -0.25) is 10.2 Å². The molecule has 92 valence electrons. The smallest absolute Gasteiger partial charge is 0.275 e. The number of thiophene rings is 1. The van der Waals surface area contributed by atoms with Crippen molar-refractivity contribution in [2.45, 2.75) is 38.5 Å². The molecule has 1 fully saturated rings. The van der Waals surface area contributed by atoms with Crippen LogP contribution >= 0.6 is 11.3 Å². The highest BCUT2D eigenvalue weighted by Crippen LogP contribution is 2.30. The summed E-state index contributed by atoms with van der Waals surface area (Å²) in [4.78, 5) is 14.4. The molecule has 0 saturated carbocycles. The molecule has 1 aromatic rings. The average Bonchev–Trinajstić information content (AvgIpc) is 2.90. The summed E-state index contributed by atoms with van der Waals surface area (Å²) >= 11 is 1.68. The predicted molar refractivity (Wildman–Crippen MR) is 69.2 cm³/mol. The highest BCUT2D eigenvalue weighted by atomic mass is 32.1. The first-order valence-electron chi connectivity index (χ1n) is 6.50. The lowest BCUT2D eigenvalue weighted by molar-refractivity contribution is 0.0754. The number of hydrogen-bond donors (Lipinski definition) is 1. The van der Waals surface area contributed by atoms with E-state index >= 15 is 0 Å². The van der Waals surface area contributed by atoms with Crippen LogP contribution in [0.1, 0.15) is 45.8 Å². The first-order valence-corrected chi connectivity index (χ1v) is 7.32. The third-order valence-corrected chi connectivity index (χ3v) is 4.82. The number of carbonyl (C=O) groups is 1. The van der Waals surface area contributed by atoms with Crippen molar-refractivity contribution in [2.24, 2.45) is 0 Å². The van der Waals surface area contributed by atoms with Crippen molar-refractivity contribution < 1.29 is 4.79 Å². The van der Waals surface area contributed by atoms with E-state index in [0.717, 1.165) is 30.8 Å². The number of aryl methyl sites for hydroxylation is 2. The van der Waals surface area contributed by atoms with Gasteiger partial charge in [-0.15, -0.1) is 11.3 Å².